The number of carbonyl (C=O) groups is 2. The normalized spacial score (nSPS) is 28.5. The van der Waals surface area contributed by atoms with Crippen LogP contribution in [0.25, 0.3) is 0 Å². The summed E-state index contributed by atoms with van der Waals surface area (Å²) in [5.74, 6) is -0.200. The zero-order valence-electron chi connectivity index (χ0n) is 7.49. The molecular weight excluding hydrogens is 170 g/mol. The van der Waals surface area contributed by atoms with Gasteiger partial charge in [-0.25, -0.2) is 0 Å². The highest BCUT2D eigenvalue weighted by Gasteiger charge is 2.37. The number of ether oxygens (including phenoxy) is 1. The lowest BCUT2D eigenvalue weighted by Crippen LogP contribution is -2.48. The van der Waals surface area contributed by atoms with Gasteiger partial charge in [0.25, 0.3) is 0 Å². The van der Waals surface area contributed by atoms with E-state index < -0.39 is 0 Å². The van der Waals surface area contributed by atoms with Gasteiger partial charge in [-0.2, -0.15) is 0 Å². The summed E-state index contributed by atoms with van der Waals surface area (Å²) >= 11 is 0. The summed E-state index contributed by atoms with van der Waals surface area (Å²) in [6.07, 6.45) is 1.33. The van der Waals surface area contributed by atoms with Crippen LogP contribution in [0.15, 0.2) is 0 Å². The minimum Gasteiger partial charge on any atom is -0.378 e. The Bertz CT molecular complexity index is 233. The molecule has 2 fully saturated rings. The van der Waals surface area contributed by atoms with Gasteiger partial charge >= 0.3 is 0 Å². The first-order valence-electron chi connectivity index (χ1n) is 4.68. The largest absolute Gasteiger partial charge is 0.378 e. The van der Waals surface area contributed by atoms with Gasteiger partial charge in [-0.05, 0) is 6.42 Å². The quantitative estimate of drug-likeness (QED) is 0.530. The Morgan fingerprint density at radius 2 is 2.08 bits per heavy atom. The van der Waals surface area contributed by atoms with E-state index in [1.165, 1.54) is 0 Å². The molecule has 1 aliphatic carbocycles. The van der Waals surface area contributed by atoms with E-state index >= 15 is 0 Å². The molecule has 0 aromatic rings. The van der Waals surface area contributed by atoms with Crippen LogP contribution in [0.2, 0.25) is 0 Å². The van der Waals surface area contributed by atoms with Crippen molar-refractivity contribution in [2.24, 2.45) is 5.92 Å². The molecule has 1 saturated heterocycles. The number of amides is 1. The fourth-order valence-electron chi connectivity index (χ4n) is 1.67. The van der Waals surface area contributed by atoms with Crippen LogP contribution in [0.3, 0.4) is 0 Å². The Kier molecular flexibility index (Phi) is 2.31. The molecule has 0 bridgehead atoms. The summed E-state index contributed by atoms with van der Waals surface area (Å²) < 4.78 is 5.13. The van der Waals surface area contributed by atoms with Gasteiger partial charge in [0.1, 0.15) is 5.78 Å². The van der Waals surface area contributed by atoms with E-state index in [0.29, 0.717) is 32.7 Å². The summed E-state index contributed by atoms with van der Waals surface area (Å²) in [4.78, 5) is 24.4. The average Bonchev–Trinajstić information content (AvgIpc) is 2.17. The second kappa shape index (κ2) is 3.46. The molecule has 1 amide bonds. The Morgan fingerprint density at radius 1 is 1.38 bits per heavy atom. The van der Waals surface area contributed by atoms with Crippen LogP contribution in [0.1, 0.15) is 12.8 Å². The standard InChI is InChI=1S/C9H13NO3/c11-8-2-1-7(8)9(12)10-3-5-13-6-4-10/h7H,1-6H2. The Hall–Kier alpha value is -0.900. The number of Topliss-reactive ketones (excluding diaryl/α,β-unsaturated/α-hetero) is 1. The fraction of sp³-hybridized carbons (Fsp3) is 0.778. The van der Waals surface area contributed by atoms with Crippen molar-refractivity contribution in [3.8, 4) is 0 Å². The molecule has 0 aromatic carbocycles. The molecule has 0 spiro atoms. The van der Waals surface area contributed by atoms with Gasteiger partial charge in [-0.15, -0.1) is 0 Å². The monoisotopic (exact) mass is 183 g/mol. The van der Waals surface area contributed by atoms with E-state index in [0.717, 1.165) is 6.42 Å². The molecule has 2 aliphatic rings. The second-order valence-corrected chi connectivity index (χ2v) is 3.50. The number of hydrogen-bond donors (Lipinski definition) is 0. The van der Waals surface area contributed by atoms with Crippen molar-refractivity contribution in [2.75, 3.05) is 26.3 Å². The third kappa shape index (κ3) is 1.58. The lowest BCUT2D eigenvalue weighted by Gasteiger charge is -2.32. The Morgan fingerprint density at radius 3 is 2.54 bits per heavy atom. The van der Waals surface area contributed by atoms with Crippen molar-refractivity contribution in [1.29, 1.82) is 0 Å². The molecule has 1 saturated carbocycles. The Labute approximate surface area is 76.8 Å². The van der Waals surface area contributed by atoms with Crippen molar-refractivity contribution < 1.29 is 14.3 Å². The van der Waals surface area contributed by atoms with Crippen LogP contribution >= 0.6 is 0 Å². The summed E-state index contributed by atoms with van der Waals surface area (Å²) in [7, 11) is 0. The molecule has 1 atom stereocenters. The van der Waals surface area contributed by atoms with E-state index in [-0.39, 0.29) is 17.6 Å². The number of morpholine rings is 1. The number of ketones is 1. The van der Waals surface area contributed by atoms with Gasteiger partial charge in [-0.3, -0.25) is 9.59 Å². The van der Waals surface area contributed by atoms with Crippen LogP contribution in [0, 0.1) is 5.92 Å². The maximum absolute atomic E-state index is 11.6. The van der Waals surface area contributed by atoms with E-state index in [9.17, 15) is 9.59 Å². The van der Waals surface area contributed by atoms with Crippen molar-refractivity contribution in [1.82, 2.24) is 4.90 Å². The maximum atomic E-state index is 11.6. The van der Waals surface area contributed by atoms with Crippen LogP contribution in [0.4, 0.5) is 0 Å². The summed E-state index contributed by atoms with van der Waals surface area (Å²) in [6, 6.07) is 0. The minimum absolute atomic E-state index is 0.0135. The van der Waals surface area contributed by atoms with E-state index in [4.69, 9.17) is 4.74 Å². The SMILES string of the molecule is O=C1CCC1C(=O)N1CCOCC1. The second-order valence-electron chi connectivity index (χ2n) is 3.50. The molecule has 4 nitrogen and oxygen atoms in total. The molecule has 1 heterocycles. The number of carbonyl (C=O) groups excluding carboxylic acids is 2. The van der Waals surface area contributed by atoms with Crippen molar-refractivity contribution in [3.05, 3.63) is 0 Å². The highest BCUT2D eigenvalue weighted by atomic mass is 16.5. The van der Waals surface area contributed by atoms with E-state index in [2.05, 4.69) is 0 Å². The average molecular weight is 183 g/mol. The summed E-state index contributed by atoms with van der Waals surface area (Å²) in [5.41, 5.74) is 0. The number of rotatable bonds is 1. The zero-order chi connectivity index (χ0) is 9.26. The minimum atomic E-state index is -0.321. The van der Waals surface area contributed by atoms with Crippen molar-refractivity contribution in [3.63, 3.8) is 0 Å². The lowest BCUT2D eigenvalue weighted by molar-refractivity contribution is -0.149. The first-order valence-corrected chi connectivity index (χ1v) is 4.68. The Balaban J connectivity index is 1.91. The van der Waals surface area contributed by atoms with Crippen LogP contribution < -0.4 is 0 Å². The van der Waals surface area contributed by atoms with Crippen LogP contribution in [0.5, 0.6) is 0 Å². The molecule has 1 aliphatic heterocycles. The zero-order valence-corrected chi connectivity index (χ0v) is 7.49. The molecule has 0 radical (unpaired) electrons. The van der Waals surface area contributed by atoms with Gasteiger partial charge < -0.3 is 9.64 Å². The molecule has 1 unspecified atom stereocenters. The van der Waals surface area contributed by atoms with Gasteiger partial charge in [0.2, 0.25) is 5.91 Å². The van der Waals surface area contributed by atoms with Gasteiger partial charge in [0.15, 0.2) is 0 Å². The third-order valence-corrected chi connectivity index (χ3v) is 2.69. The maximum Gasteiger partial charge on any atom is 0.233 e. The highest BCUT2D eigenvalue weighted by Crippen LogP contribution is 2.24. The highest BCUT2D eigenvalue weighted by molar-refractivity contribution is 6.05. The molecule has 0 aromatic heterocycles. The molecule has 0 N–H and O–H groups in total. The predicted octanol–water partition coefficient (Wildman–Crippen LogP) is -0.176. The fourth-order valence-corrected chi connectivity index (χ4v) is 1.67. The number of nitrogens with zero attached hydrogens (tertiary/aromatic N) is 1. The molecule has 13 heavy (non-hydrogen) atoms. The summed E-state index contributed by atoms with van der Waals surface area (Å²) in [6.45, 7) is 2.49. The van der Waals surface area contributed by atoms with Crippen molar-refractivity contribution >= 4 is 11.7 Å². The lowest BCUT2D eigenvalue weighted by atomic mass is 9.82. The van der Waals surface area contributed by atoms with Gasteiger partial charge in [0.05, 0.1) is 19.1 Å². The van der Waals surface area contributed by atoms with Gasteiger partial charge in [-0.1, -0.05) is 0 Å². The number of hydrogen-bond acceptors (Lipinski definition) is 3. The van der Waals surface area contributed by atoms with E-state index in [1.807, 2.05) is 0 Å². The molecular formula is C9H13NO3. The third-order valence-electron chi connectivity index (χ3n) is 2.69. The predicted molar refractivity (Wildman–Crippen MR) is 45.1 cm³/mol. The summed E-state index contributed by atoms with van der Waals surface area (Å²) in [5, 5.41) is 0. The van der Waals surface area contributed by atoms with Crippen molar-refractivity contribution in [2.45, 2.75) is 12.8 Å². The first-order chi connectivity index (χ1) is 6.29. The smallest absolute Gasteiger partial charge is 0.233 e. The van der Waals surface area contributed by atoms with E-state index in [1.54, 1.807) is 4.90 Å². The first kappa shape index (κ1) is 8.69. The van der Waals surface area contributed by atoms with Crippen LogP contribution in [-0.4, -0.2) is 42.9 Å². The molecule has 2 rings (SSSR count). The molecule has 4 heteroatoms. The van der Waals surface area contributed by atoms with Gasteiger partial charge in [0, 0.05) is 19.5 Å². The van der Waals surface area contributed by atoms with Crippen LogP contribution in [-0.2, 0) is 14.3 Å². The topological polar surface area (TPSA) is 46.6 Å². The molecule has 72 valence electrons.